The van der Waals surface area contributed by atoms with Crippen LogP contribution in [0.1, 0.15) is 16.8 Å². The van der Waals surface area contributed by atoms with Crippen LogP contribution in [0.25, 0.3) is 0 Å². The molecule has 1 unspecified atom stereocenters. The van der Waals surface area contributed by atoms with Crippen molar-refractivity contribution in [2.75, 3.05) is 13.7 Å². The number of hydrogen-bond acceptors (Lipinski definition) is 5. The Morgan fingerprint density at radius 1 is 1.75 bits per heavy atom. The summed E-state index contributed by atoms with van der Waals surface area (Å²) in [6, 6.07) is 0. The van der Waals surface area contributed by atoms with Gasteiger partial charge in [-0.15, -0.1) is 11.3 Å². The first kappa shape index (κ1) is 13.1. The standard InChI is InChI=1S/C10H17N3O2S/c1-3-7-5-12-9(16-7)6-13-10(14)8(4-11)15-2/h5,8H,3-4,6,11H2,1-2H3,(H,13,14). The molecule has 1 aromatic heterocycles. The molecule has 0 bridgehead atoms. The highest BCUT2D eigenvalue weighted by Gasteiger charge is 2.15. The molecule has 0 fully saturated rings. The predicted molar refractivity (Wildman–Crippen MR) is 63.2 cm³/mol. The van der Waals surface area contributed by atoms with E-state index in [1.165, 1.54) is 12.0 Å². The normalized spacial score (nSPS) is 12.4. The van der Waals surface area contributed by atoms with Crippen LogP contribution < -0.4 is 11.1 Å². The highest BCUT2D eigenvalue weighted by molar-refractivity contribution is 7.11. The van der Waals surface area contributed by atoms with E-state index >= 15 is 0 Å². The summed E-state index contributed by atoms with van der Waals surface area (Å²) in [5.74, 6) is -0.196. The number of carbonyl (C=O) groups excluding carboxylic acids is 1. The maximum absolute atomic E-state index is 11.5. The molecule has 1 rings (SSSR count). The van der Waals surface area contributed by atoms with Crippen molar-refractivity contribution in [2.45, 2.75) is 26.0 Å². The van der Waals surface area contributed by atoms with E-state index in [2.05, 4.69) is 17.2 Å². The summed E-state index contributed by atoms with van der Waals surface area (Å²) in [7, 11) is 1.47. The summed E-state index contributed by atoms with van der Waals surface area (Å²) in [6.45, 7) is 2.69. The first-order valence-electron chi connectivity index (χ1n) is 5.15. The van der Waals surface area contributed by atoms with Gasteiger partial charge in [-0.25, -0.2) is 4.98 Å². The van der Waals surface area contributed by atoms with Crippen LogP contribution in [0.5, 0.6) is 0 Å². The average Bonchev–Trinajstić information content (AvgIpc) is 2.76. The van der Waals surface area contributed by atoms with Gasteiger partial charge in [0.05, 0.1) is 6.54 Å². The number of nitrogens with zero attached hydrogens (tertiary/aromatic N) is 1. The minimum Gasteiger partial charge on any atom is -0.370 e. The zero-order valence-electron chi connectivity index (χ0n) is 9.53. The Kier molecular flexibility index (Phi) is 5.37. The van der Waals surface area contributed by atoms with Gasteiger partial charge >= 0.3 is 0 Å². The largest absolute Gasteiger partial charge is 0.370 e. The third kappa shape index (κ3) is 3.55. The van der Waals surface area contributed by atoms with E-state index in [9.17, 15) is 4.79 Å². The lowest BCUT2D eigenvalue weighted by atomic mass is 10.3. The van der Waals surface area contributed by atoms with Crippen LogP contribution in [0, 0.1) is 0 Å². The number of aryl methyl sites for hydroxylation is 1. The number of amides is 1. The SMILES string of the molecule is CCc1cnc(CNC(=O)C(CN)OC)s1. The van der Waals surface area contributed by atoms with Gasteiger partial charge in [0.25, 0.3) is 5.91 Å². The van der Waals surface area contributed by atoms with E-state index in [4.69, 9.17) is 10.5 Å². The topological polar surface area (TPSA) is 77.2 Å². The minimum absolute atomic E-state index is 0.181. The summed E-state index contributed by atoms with van der Waals surface area (Å²) in [5.41, 5.74) is 5.38. The van der Waals surface area contributed by atoms with Gasteiger partial charge < -0.3 is 15.8 Å². The van der Waals surface area contributed by atoms with E-state index in [0.717, 1.165) is 11.4 Å². The molecule has 5 nitrogen and oxygen atoms in total. The molecular formula is C10H17N3O2S. The number of nitrogens with two attached hydrogens (primary N) is 1. The van der Waals surface area contributed by atoms with Gasteiger partial charge in [-0.3, -0.25) is 4.79 Å². The average molecular weight is 243 g/mol. The lowest BCUT2D eigenvalue weighted by molar-refractivity contribution is -0.130. The third-order valence-electron chi connectivity index (χ3n) is 2.15. The Balaban J connectivity index is 2.41. The van der Waals surface area contributed by atoms with E-state index in [1.807, 2.05) is 6.20 Å². The highest BCUT2D eigenvalue weighted by Crippen LogP contribution is 2.12. The van der Waals surface area contributed by atoms with Crippen molar-refractivity contribution < 1.29 is 9.53 Å². The van der Waals surface area contributed by atoms with Crippen molar-refractivity contribution in [3.05, 3.63) is 16.1 Å². The number of nitrogens with one attached hydrogen (secondary N) is 1. The summed E-state index contributed by atoms with van der Waals surface area (Å²) in [5, 5.41) is 3.64. The van der Waals surface area contributed by atoms with Crippen molar-refractivity contribution in [1.29, 1.82) is 0 Å². The zero-order valence-corrected chi connectivity index (χ0v) is 10.3. The van der Waals surface area contributed by atoms with Crippen molar-refractivity contribution >= 4 is 17.2 Å². The number of rotatable bonds is 6. The number of thiazole rings is 1. The number of hydrogen-bond donors (Lipinski definition) is 2. The summed E-state index contributed by atoms with van der Waals surface area (Å²) in [4.78, 5) is 16.9. The first-order valence-corrected chi connectivity index (χ1v) is 5.97. The summed E-state index contributed by atoms with van der Waals surface area (Å²) < 4.78 is 4.92. The fourth-order valence-corrected chi connectivity index (χ4v) is 1.98. The van der Waals surface area contributed by atoms with Gasteiger partial charge in [-0.1, -0.05) is 6.92 Å². The van der Waals surface area contributed by atoms with Crippen molar-refractivity contribution in [2.24, 2.45) is 5.73 Å². The summed E-state index contributed by atoms with van der Waals surface area (Å²) >= 11 is 1.60. The van der Waals surface area contributed by atoms with Gasteiger partial charge in [0, 0.05) is 24.7 Å². The smallest absolute Gasteiger partial charge is 0.250 e. The van der Waals surface area contributed by atoms with Crippen LogP contribution in [-0.4, -0.2) is 30.6 Å². The fourth-order valence-electron chi connectivity index (χ4n) is 1.18. The van der Waals surface area contributed by atoms with Gasteiger partial charge in [0.2, 0.25) is 0 Å². The molecule has 0 aliphatic carbocycles. The molecule has 6 heteroatoms. The van der Waals surface area contributed by atoms with Gasteiger partial charge in [0.1, 0.15) is 11.1 Å². The van der Waals surface area contributed by atoms with Crippen molar-refractivity contribution in [1.82, 2.24) is 10.3 Å². The molecule has 0 aliphatic rings. The molecule has 0 saturated heterocycles. The van der Waals surface area contributed by atoms with Gasteiger partial charge in [0.15, 0.2) is 0 Å². The Hall–Kier alpha value is -0.980. The molecule has 0 aromatic carbocycles. The molecule has 1 amide bonds. The molecule has 1 atom stereocenters. The van der Waals surface area contributed by atoms with E-state index in [-0.39, 0.29) is 12.5 Å². The molecule has 16 heavy (non-hydrogen) atoms. The molecule has 1 heterocycles. The molecule has 90 valence electrons. The first-order chi connectivity index (χ1) is 7.71. The third-order valence-corrected chi connectivity index (χ3v) is 3.30. The number of carbonyl (C=O) groups is 1. The Labute approximate surface area is 99.0 Å². The van der Waals surface area contributed by atoms with Crippen LogP contribution in [0.4, 0.5) is 0 Å². The fraction of sp³-hybridized carbons (Fsp3) is 0.600. The van der Waals surface area contributed by atoms with Crippen LogP contribution in [0.3, 0.4) is 0 Å². The Morgan fingerprint density at radius 3 is 3.00 bits per heavy atom. The van der Waals surface area contributed by atoms with Crippen molar-refractivity contribution in [3.8, 4) is 0 Å². The van der Waals surface area contributed by atoms with Gasteiger partial charge in [-0.05, 0) is 6.42 Å². The van der Waals surface area contributed by atoms with Crippen LogP contribution in [0.2, 0.25) is 0 Å². The van der Waals surface area contributed by atoms with E-state index < -0.39 is 6.10 Å². The lowest BCUT2D eigenvalue weighted by Gasteiger charge is -2.11. The molecule has 0 saturated carbocycles. The Morgan fingerprint density at radius 2 is 2.50 bits per heavy atom. The zero-order chi connectivity index (χ0) is 12.0. The van der Waals surface area contributed by atoms with E-state index in [0.29, 0.717) is 6.54 Å². The van der Waals surface area contributed by atoms with Gasteiger partial charge in [-0.2, -0.15) is 0 Å². The molecular weight excluding hydrogens is 226 g/mol. The molecule has 3 N–H and O–H groups in total. The molecule has 0 radical (unpaired) electrons. The second-order valence-electron chi connectivity index (χ2n) is 3.25. The van der Waals surface area contributed by atoms with Crippen molar-refractivity contribution in [3.63, 3.8) is 0 Å². The number of ether oxygens (including phenoxy) is 1. The second kappa shape index (κ2) is 6.57. The lowest BCUT2D eigenvalue weighted by Crippen LogP contribution is -2.40. The van der Waals surface area contributed by atoms with Crippen LogP contribution in [0.15, 0.2) is 6.20 Å². The quantitative estimate of drug-likeness (QED) is 0.753. The molecule has 0 aliphatic heterocycles. The summed E-state index contributed by atoms with van der Waals surface area (Å²) in [6.07, 6.45) is 2.23. The maximum Gasteiger partial charge on any atom is 0.250 e. The maximum atomic E-state index is 11.5. The van der Waals surface area contributed by atoms with Crippen LogP contribution in [-0.2, 0) is 22.5 Å². The van der Waals surface area contributed by atoms with Crippen LogP contribution >= 0.6 is 11.3 Å². The minimum atomic E-state index is -0.578. The molecule has 1 aromatic rings. The highest BCUT2D eigenvalue weighted by atomic mass is 32.1. The number of aromatic nitrogens is 1. The number of methoxy groups -OCH3 is 1. The predicted octanol–water partition coefficient (Wildman–Crippen LogP) is 0.295. The molecule has 0 spiro atoms. The second-order valence-corrected chi connectivity index (χ2v) is 4.45. The van der Waals surface area contributed by atoms with E-state index in [1.54, 1.807) is 11.3 Å². The monoisotopic (exact) mass is 243 g/mol. The Bertz CT molecular complexity index is 337.